The van der Waals surface area contributed by atoms with Crippen molar-refractivity contribution in [1.82, 2.24) is 10.6 Å². The Bertz CT molecular complexity index is 692. The number of rotatable bonds is 9. The second-order valence-corrected chi connectivity index (χ2v) is 5.87. The lowest BCUT2D eigenvalue weighted by molar-refractivity contribution is -0.137. The number of urea groups is 1. The zero-order valence-electron chi connectivity index (χ0n) is 14.4. The van der Waals surface area contributed by atoms with Gasteiger partial charge in [-0.25, -0.2) is 4.79 Å². The molecule has 26 heavy (non-hydrogen) atoms. The molecule has 0 saturated heterocycles. The van der Waals surface area contributed by atoms with Gasteiger partial charge in [0, 0.05) is 12.8 Å². The van der Waals surface area contributed by atoms with E-state index in [4.69, 9.17) is 5.11 Å². The number of hydrogen-bond donors (Lipinski definition) is 3. The van der Waals surface area contributed by atoms with Crippen LogP contribution in [-0.2, 0) is 9.59 Å². The lowest BCUT2D eigenvalue weighted by atomic mass is 9.99. The van der Waals surface area contributed by atoms with Crippen LogP contribution in [0.1, 0.15) is 36.4 Å². The summed E-state index contributed by atoms with van der Waals surface area (Å²) < 4.78 is 0. The number of Topliss-reactive ketones (excluding diaryl/α,β-unsaturated/α-hetero) is 1. The highest BCUT2D eigenvalue weighted by Gasteiger charge is 2.16. The summed E-state index contributed by atoms with van der Waals surface area (Å²) in [5.41, 5.74) is 1.86. The highest BCUT2D eigenvalue weighted by Crippen LogP contribution is 2.21. The quantitative estimate of drug-likeness (QED) is 0.645. The predicted octanol–water partition coefficient (Wildman–Crippen LogP) is 2.90. The van der Waals surface area contributed by atoms with Gasteiger partial charge < -0.3 is 15.7 Å². The van der Waals surface area contributed by atoms with Crippen molar-refractivity contribution in [3.05, 3.63) is 71.8 Å². The normalized spacial score (nSPS) is 10.3. The van der Waals surface area contributed by atoms with E-state index in [0.29, 0.717) is 0 Å². The summed E-state index contributed by atoms with van der Waals surface area (Å²) in [6.45, 7) is -0.123. The Morgan fingerprint density at radius 2 is 1.38 bits per heavy atom. The molecule has 0 atom stereocenters. The fraction of sp³-hybridized carbons (Fsp3) is 0.250. The van der Waals surface area contributed by atoms with Crippen LogP contribution in [-0.4, -0.2) is 29.4 Å². The summed E-state index contributed by atoms with van der Waals surface area (Å²) in [5.74, 6) is -1.13. The van der Waals surface area contributed by atoms with Crippen molar-refractivity contribution in [2.24, 2.45) is 0 Å². The van der Waals surface area contributed by atoms with E-state index in [0.717, 1.165) is 11.1 Å². The van der Waals surface area contributed by atoms with Crippen LogP contribution < -0.4 is 10.6 Å². The lowest BCUT2D eigenvalue weighted by Crippen LogP contribution is -2.40. The second-order valence-electron chi connectivity index (χ2n) is 5.87. The molecule has 0 unspecified atom stereocenters. The van der Waals surface area contributed by atoms with Crippen molar-refractivity contribution in [1.29, 1.82) is 0 Å². The highest BCUT2D eigenvalue weighted by atomic mass is 16.4. The molecule has 0 heterocycles. The van der Waals surface area contributed by atoms with Gasteiger partial charge in [0.1, 0.15) is 0 Å². The molecule has 0 aromatic heterocycles. The number of aliphatic carboxylic acids is 1. The first-order valence-corrected chi connectivity index (χ1v) is 8.44. The monoisotopic (exact) mass is 354 g/mol. The number of hydrogen-bond acceptors (Lipinski definition) is 3. The average Bonchev–Trinajstić information content (AvgIpc) is 2.65. The summed E-state index contributed by atoms with van der Waals surface area (Å²) in [5, 5.41) is 14.0. The number of carboxylic acid groups (broad SMARTS) is 1. The van der Waals surface area contributed by atoms with Gasteiger partial charge in [0.15, 0.2) is 5.78 Å². The Morgan fingerprint density at radius 1 is 0.846 bits per heavy atom. The summed E-state index contributed by atoms with van der Waals surface area (Å²) in [7, 11) is 0. The zero-order chi connectivity index (χ0) is 18.8. The minimum atomic E-state index is -0.933. The van der Waals surface area contributed by atoms with Crippen LogP contribution in [0.4, 0.5) is 4.79 Å². The Labute approximate surface area is 152 Å². The second kappa shape index (κ2) is 9.98. The van der Waals surface area contributed by atoms with Crippen molar-refractivity contribution in [3.8, 4) is 0 Å². The zero-order valence-corrected chi connectivity index (χ0v) is 14.4. The summed E-state index contributed by atoms with van der Waals surface area (Å²) in [6, 6.07) is 18.3. The number of carboxylic acids is 1. The van der Waals surface area contributed by atoms with Crippen molar-refractivity contribution in [2.75, 3.05) is 6.54 Å². The van der Waals surface area contributed by atoms with E-state index < -0.39 is 12.0 Å². The van der Waals surface area contributed by atoms with E-state index in [1.54, 1.807) is 0 Å². The fourth-order valence-corrected chi connectivity index (χ4v) is 2.54. The molecule has 0 aliphatic rings. The van der Waals surface area contributed by atoms with Gasteiger partial charge >= 0.3 is 12.0 Å². The smallest absolute Gasteiger partial charge is 0.315 e. The van der Waals surface area contributed by atoms with E-state index in [9.17, 15) is 14.4 Å². The van der Waals surface area contributed by atoms with Gasteiger partial charge in [-0.05, 0) is 17.5 Å². The maximum absolute atomic E-state index is 12.2. The number of amides is 2. The maximum Gasteiger partial charge on any atom is 0.315 e. The van der Waals surface area contributed by atoms with Crippen LogP contribution in [0.3, 0.4) is 0 Å². The first kappa shape index (κ1) is 19.2. The fourth-order valence-electron chi connectivity index (χ4n) is 2.54. The van der Waals surface area contributed by atoms with E-state index in [2.05, 4.69) is 10.6 Å². The van der Waals surface area contributed by atoms with Gasteiger partial charge in [0.2, 0.25) is 0 Å². The third kappa shape index (κ3) is 6.39. The van der Waals surface area contributed by atoms with Crippen molar-refractivity contribution >= 4 is 17.8 Å². The maximum atomic E-state index is 12.2. The van der Waals surface area contributed by atoms with Crippen LogP contribution in [0, 0.1) is 0 Å². The minimum Gasteiger partial charge on any atom is -0.481 e. The molecule has 2 aromatic rings. The largest absolute Gasteiger partial charge is 0.481 e. The molecule has 6 heteroatoms. The molecule has 0 bridgehead atoms. The molecule has 2 aromatic carbocycles. The molecule has 0 fully saturated rings. The van der Waals surface area contributed by atoms with Gasteiger partial charge in [0.05, 0.1) is 12.6 Å². The number of ketones is 1. The van der Waals surface area contributed by atoms with Crippen LogP contribution >= 0.6 is 0 Å². The van der Waals surface area contributed by atoms with Gasteiger partial charge in [-0.3, -0.25) is 9.59 Å². The van der Waals surface area contributed by atoms with Gasteiger partial charge in [-0.15, -0.1) is 0 Å². The SMILES string of the molecule is O=C(O)CCCC(=O)CNC(=O)NC(c1ccccc1)c1ccccc1. The number of nitrogens with one attached hydrogen (secondary N) is 2. The third-order valence-electron chi connectivity index (χ3n) is 3.83. The van der Waals surface area contributed by atoms with Crippen LogP contribution in [0.2, 0.25) is 0 Å². The molecule has 3 N–H and O–H groups in total. The van der Waals surface area contributed by atoms with Gasteiger partial charge in [0.25, 0.3) is 0 Å². The molecule has 0 aliphatic heterocycles. The summed E-state index contributed by atoms with van der Waals surface area (Å²) >= 11 is 0. The van der Waals surface area contributed by atoms with Crippen LogP contribution in [0.25, 0.3) is 0 Å². The molecular formula is C20H22N2O4. The van der Waals surface area contributed by atoms with Crippen molar-refractivity contribution in [2.45, 2.75) is 25.3 Å². The van der Waals surface area contributed by atoms with Crippen LogP contribution in [0.5, 0.6) is 0 Å². The molecular weight excluding hydrogens is 332 g/mol. The van der Waals surface area contributed by atoms with Gasteiger partial charge in [-0.2, -0.15) is 0 Å². The van der Waals surface area contributed by atoms with Gasteiger partial charge in [-0.1, -0.05) is 60.7 Å². The van der Waals surface area contributed by atoms with E-state index in [1.165, 1.54) is 0 Å². The molecule has 2 rings (SSSR count). The third-order valence-corrected chi connectivity index (χ3v) is 3.83. The molecule has 0 saturated carbocycles. The van der Waals surface area contributed by atoms with E-state index in [1.807, 2.05) is 60.7 Å². The Kier molecular flexibility index (Phi) is 7.36. The molecule has 0 radical (unpaired) electrons. The first-order valence-electron chi connectivity index (χ1n) is 8.44. The summed E-state index contributed by atoms with van der Waals surface area (Å²) in [6.07, 6.45) is 0.351. The molecule has 136 valence electrons. The summed E-state index contributed by atoms with van der Waals surface area (Å²) in [4.78, 5) is 34.4. The number of carbonyl (C=O) groups excluding carboxylic acids is 2. The van der Waals surface area contributed by atoms with Crippen LogP contribution in [0.15, 0.2) is 60.7 Å². The molecule has 6 nitrogen and oxygen atoms in total. The first-order chi connectivity index (χ1) is 12.6. The average molecular weight is 354 g/mol. The minimum absolute atomic E-state index is 0.0535. The molecule has 0 spiro atoms. The highest BCUT2D eigenvalue weighted by molar-refractivity contribution is 5.85. The lowest BCUT2D eigenvalue weighted by Gasteiger charge is -2.20. The Hall–Kier alpha value is -3.15. The Balaban J connectivity index is 1.93. The number of carbonyl (C=O) groups is 3. The van der Waals surface area contributed by atoms with E-state index >= 15 is 0 Å². The number of benzene rings is 2. The topological polar surface area (TPSA) is 95.5 Å². The predicted molar refractivity (Wildman–Crippen MR) is 97.8 cm³/mol. The van der Waals surface area contributed by atoms with E-state index in [-0.39, 0.29) is 37.6 Å². The van der Waals surface area contributed by atoms with Crippen molar-refractivity contribution in [3.63, 3.8) is 0 Å². The van der Waals surface area contributed by atoms with Crippen molar-refractivity contribution < 1.29 is 19.5 Å². The standard InChI is InChI=1S/C20H22N2O4/c23-17(12-7-13-18(24)25)14-21-20(26)22-19(15-8-3-1-4-9-15)16-10-5-2-6-11-16/h1-6,8-11,19H,7,12-14H2,(H,24,25)(H2,21,22,26). The Morgan fingerprint density at radius 3 is 1.88 bits per heavy atom. The molecule has 0 aliphatic carbocycles. The molecule has 2 amide bonds.